The van der Waals surface area contributed by atoms with E-state index in [2.05, 4.69) is 0 Å². The number of carbonyl (C=O) groups excluding carboxylic acids is 1. The van der Waals surface area contributed by atoms with E-state index in [1.54, 1.807) is 25.1 Å². The van der Waals surface area contributed by atoms with Gasteiger partial charge in [-0.1, -0.05) is 25.1 Å². The zero-order valence-corrected chi connectivity index (χ0v) is 11.0. The average Bonchev–Trinajstić information content (AvgIpc) is 2.35. The molecule has 18 heavy (non-hydrogen) atoms. The Morgan fingerprint density at radius 3 is 2.44 bits per heavy atom. The monoisotopic (exact) mass is 271 g/mol. The maximum absolute atomic E-state index is 12.3. The number of likely N-dealkylation sites (N-methyl/N-ethyl adjacent to an activating group) is 1. The highest BCUT2D eigenvalue weighted by atomic mass is 32.2. The molecule has 0 aromatic heterocycles. The fraction of sp³-hybridized carbons (Fsp3) is 0.364. The second-order valence-electron chi connectivity index (χ2n) is 3.71. The molecule has 1 aromatic carbocycles. The van der Waals surface area contributed by atoms with Crippen LogP contribution in [0.1, 0.15) is 12.5 Å². The Bertz CT molecular complexity index is 528. The average molecular weight is 271 g/mol. The topological polar surface area (TPSA) is 106 Å². The quantitative estimate of drug-likeness (QED) is 0.736. The molecule has 0 spiro atoms. The highest BCUT2D eigenvalue weighted by Crippen LogP contribution is 2.19. The second kappa shape index (κ2) is 5.94. The van der Waals surface area contributed by atoms with E-state index in [0.717, 1.165) is 4.31 Å². The fourth-order valence-electron chi connectivity index (χ4n) is 1.60. The summed E-state index contributed by atoms with van der Waals surface area (Å²) in [6, 6.07) is 6.45. The molecular formula is C11H17N3O3S. The van der Waals surface area contributed by atoms with Crippen LogP contribution in [0.5, 0.6) is 0 Å². The Morgan fingerprint density at radius 2 is 1.94 bits per heavy atom. The predicted molar refractivity (Wildman–Crippen MR) is 68.0 cm³/mol. The highest BCUT2D eigenvalue weighted by molar-refractivity contribution is 7.89. The van der Waals surface area contributed by atoms with Gasteiger partial charge in [-0.2, -0.15) is 4.31 Å². The van der Waals surface area contributed by atoms with Crippen molar-refractivity contribution in [3.63, 3.8) is 0 Å². The molecule has 0 aliphatic heterocycles. The molecule has 0 radical (unpaired) electrons. The highest BCUT2D eigenvalue weighted by Gasteiger charge is 2.26. The first-order chi connectivity index (χ1) is 8.43. The number of hydrogen-bond acceptors (Lipinski definition) is 4. The Kier molecular flexibility index (Phi) is 4.83. The Morgan fingerprint density at radius 1 is 1.33 bits per heavy atom. The number of sulfonamides is 1. The molecule has 6 nitrogen and oxygen atoms in total. The lowest BCUT2D eigenvalue weighted by atomic mass is 10.2. The third kappa shape index (κ3) is 3.06. The van der Waals surface area contributed by atoms with Gasteiger partial charge in [0.2, 0.25) is 15.9 Å². The Hall–Kier alpha value is -1.44. The summed E-state index contributed by atoms with van der Waals surface area (Å²) in [5.74, 6) is -0.689. The number of primary amides is 1. The number of amides is 1. The molecule has 1 aromatic rings. The molecular weight excluding hydrogens is 254 g/mol. The van der Waals surface area contributed by atoms with Gasteiger partial charge in [-0.3, -0.25) is 4.79 Å². The van der Waals surface area contributed by atoms with Crippen LogP contribution in [-0.2, 0) is 21.4 Å². The standard InChI is InChI=1S/C11H17N3O3S/c1-2-14(8-11(13)15)18(16,17)10-6-4-3-5-9(10)7-12/h3-6H,2,7-8,12H2,1H3,(H2,13,15). The molecule has 0 fully saturated rings. The summed E-state index contributed by atoms with van der Waals surface area (Å²) >= 11 is 0. The molecule has 1 amide bonds. The van der Waals surface area contributed by atoms with E-state index in [1.165, 1.54) is 6.07 Å². The fourth-order valence-corrected chi connectivity index (χ4v) is 3.25. The minimum absolute atomic E-state index is 0.115. The summed E-state index contributed by atoms with van der Waals surface area (Å²) in [6.07, 6.45) is 0. The van der Waals surface area contributed by atoms with Gasteiger partial charge in [-0.05, 0) is 11.6 Å². The van der Waals surface area contributed by atoms with Crippen LogP contribution < -0.4 is 11.5 Å². The molecule has 100 valence electrons. The SMILES string of the molecule is CCN(CC(N)=O)S(=O)(=O)c1ccccc1CN. The molecule has 0 atom stereocenters. The van der Waals surface area contributed by atoms with Gasteiger partial charge in [0.05, 0.1) is 11.4 Å². The van der Waals surface area contributed by atoms with E-state index in [4.69, 9.17) is 11.5 Å². The molecule has 0 heterocycles. The van der Waals surface area contributed by atoms with Crippen LogP contribution in [0.25, 0.3) is 0 Å². The number of nitrogens with two attached hydrogens (primary N) is 2. The van der Waals surface area contributed by atoms with Crippen LogP contribution in [0.2, 0.25) is 0 Å². The van der Waals surface area contributed by atoms with Crippen molar-refractivity contribution in [2.45, 2.75) is 18.4 Å². The van der Waals surface area contributed by atoms with E-state index in [9.17, 15) is 13.2 Å². The van der Waals surface area contributed by atoms with E-state index in [1.807, 2.05) is 0 Å². The molecule has 0 aliphatic rings. The maximum atomic E-state index is 12.3. The third-order valence-corrected chi connectivity index (χ3v) is 4.52. The van der Waals surface area contributed by atoms with Gasteiger partial charge in [-0.15, -0.1) is 0 Å². The molecule has 7 heteroatoms. The van der Waals surface area contributed by atoms with Gasteiger partial charge in [0.1, 0.15) is 0 Å². The Labute approximate surface area is 107 Å². The number of hydrogen-bond donors (Lipinski definition) is 2. The van der Waals surface area contributed by atoms with Crippen molar-refractivity contribution in [2.75, 3.05) is 13.1 Å². The molecule has 0 aliphatic carbocycles. The van der Waals surface area contributed by atoms with E-state index in [0.29, 0.717) is 5.56 Å². The lowest BCUT2D eigenvalue weighted by Gasteiger charge is -2.20. The summed E-state index contributed by atoms with van der Waals surface area (Å²) in [5, 5.41) is 0. The molecule has 4 N–H and O–H groups in total. The van der Waals surface area contributed by atoms with Crippen LogP contribution in [0.3, 0.4) is 0 Å². The second-order valence-corrected chi connectivity index (χ2v) is 5.62. The van der Waals surface area contributed by atoms with E-state index >= 15 is 0 Å². The van der Waals surface area contributed by atoms with Crippen LogP contribution in [-0.4, -0.2) is 31.7 Å². The summed E-state index contributed by atoms with van der Waals surface area (Å²) in [7, 11) is -3.74. The number of rotatable bonds is 6. The van der Waals surface area contributed by atoms with Gasteiger partial charge >= 0.3 is 0 Å². The zero-order valence-electron chi connectivity index (χ0n) is 10.2. The first kappa shape index (κ1) is 14.6. The normalized spacial score (nSPS) is 11.7. The minimum atomic E-state index is -3.74. The first-order valence-corrected chi connectivity index (χ1v) is 6.94. The third-order valence-electron chi connectivity index (χ3n) is 2.50. The summed E-state index contributed by atoms with van der Waals surface area (Å²) in [5.41, 5.74) is 11.1. The largest absolute Gasteiger partial charge is 0.369 e. The smallest absolute Gasteiger partial charge is 0.243 e. The summed E-state index contributed by atoms with van der Waals surface area (Å²) in [6.45, 7) is 1.59. The molecule has 0 saturated carbocycles. The minimum Gasteiger partial charge on any atom is -0.369 e. The van der Waals surface area contributed by atoms with Crippen molar-refractivity contribution in [3.05, 3.63) is 29.8 Å². The van der Waals surface area contributed by atoms with Crippen LogP contribution in [0.4, 0.5) is 0 Å². The summed E-state index contributed by atoms with van der Waals surface area (Å²) < 4.78 is 25.7. The number of carbonyl (C=O) groups is 1. The lowest BCUT2D eigenvalue weighted by molar-refractivity contribution is -0.118. The number of nitrogens with zero attached hydrogens (tertiary/aromatic N) is 1. The maximum Gasteiger partial charge on any atom is 0.243 e. The van der Waals surface area contributed by atoms with Crippen molar-refractivity contribution in [1.82, 2.24) is 4.31 Å². The Balaban J connectivity index is 3.22. The van der Waals surface area contributed by atoms with Crippen molar-refractivity contribution < 1.29 is 13.2 Å². The van der Waals surface area contributed by atoms with Crippen LogP contribution in [0.15, 0.2) is 29.2 Å². The predicted octanol–water partition coefficient (Wildman–Crippen LogP) is -0.359. The van der Waals surface area contributed by atoms with Gasteiger partial charge in [0.25, 0.3) is 0 Å². The van der Waals surface area contributed by atoms with Gasteiger partial charge < -0.3 is 11.5 Å². The van der Waals surface area contributed by atoms with Gasteiger partial charge in [-0.25, -0.2) is 8.42 Å². The molecule has 1 rings (SSSR count). The zero-order chi connectivity index (χ0) is 13.8. The van der Waals surface area contributed by atoms with Crippen LogP contribution >= 0.6 is 0 Å². The van der Waals surface area contributed by atoms with Crippen LogP contribution in [0, 0.1) is 0 Å². The molecule has 0 unspecified atom stereocenters. The van der Waals surface area contributed by atoms with Crippen molar-refractivity contribution in [2.24, 2.45) is 11.5 Å². The van der Waals surface area contributed by atoms with E-state index < -0.39 is 15.9 Å². The first-order valence-electron chi connectivity index (χ1n) is 5.50. The summed E-state index contributed by atoms with van der Waals surface area (Å²) in [4.78, 5) is 11.0. The van der Waals surface area contributed by atoms with Crippen molar-refractivity contribution in [3.8, 4) is 0 Å². The number of benzene rings is 1. The van der Waals surface area contributed by atoms with Crippen molar-refractivity contribution in [1.29, 1.82) is 0 Å². The van der Waals surface area contributed by atoms with Gasteiger partial charge in [0, 0.05) is 13.1 Å². The van der Waals surface area contributed by atoms with E-state index in [-0.39, 0.29) is 24.5 Å². The lowest BCUT2D eigenvalue weighted by Crippen LogP contribution is -2.38. The molecule has 0 bridgehead atoms. The molecule has 0 saturated heterocycles. The van der Waals surface area contributed by atoms with Gasteiger partial charge in [0.15, 0.2) is 0 Å². The van der Waals surface area contributed by atoms with Crippen molar-refractivity contribution >= 4 is 15.9 Å².